The molecule has 0 spiro atoms. The van der Waals surface area contributed by atoms with Gasteiger partial charge in [-0.05, 0) is 60.4 Å². The molecule has 2 heterocycles. The number of hydrogen-bond acceptors (Lipinski definition) is 5. The van der Waals surface area contributed by atoms with E-state index in [0.717, 1.165) is 18.5 Å². The van der Waals surface area contributed by atoms with Gasteiger partial charge in [0.15, 0.2) is 11.5 Å². The Morgan fingerprint density at radius 2 is 2.12 bits per heavy atom. The Kier molecular flexibility index (Phi) is 5.27. The number of amides is 1. The van der Waals surface area contributed by atoms with E-state index in [-0.39, 0.29) is 17.4 Å². The topological polar surface area (TPSA) is 97.8 Å². The first-order valence-electron chi connectivity index (χ1n) is 10.9. The summed E-state index contributed by atoms with van der Waals surface area (Å²) < 4.78 is 5.50. The molecule has 1 amide bonds. The number of phenols is 2. The summed E-state index contributed by atoms with van der Waals surface area (Å²) in [5, 5.41) is 23.0. The highest BCUT2D eigenvalue weighted by Crippen LogP contribution is 2.40. The average Bonchev–Trinajstić information content (AvgIpc) is 3.20. The van der Waals surface area contributed by atoms with E-state index >= 15 is 0 Å². The van der Waals surface area contributed by atoms with Crippen molar-refractivity contribution in [1.82, 2.24) is 15.2 Å². The van der Waals surface area contributed by atoms with E-state index in [4.69, 9.17) is 4.74 Å². The first-order valence-corrected chi connectivity index (χ1v) is 10.9. The number of nitrogens with one attached hydrogen (secondary N) is 2. The number of H-pyrrole nitrogens is 1. The van der Waals surface area contributed by atoms with Crippen LogP contribution in [0.25, 0.3) is 16.5 Å². The number of hydrogen-bond donors (Lipinski definition) is 4. The third-order valence-corrected chi connectivity index (χ3v) is 6.49. The number of aromatic nitrogens is 1. The van der Waals surface area contributed by atoms with Crippen LogP contribution in [0.4, 0.5) is 4.79 Å². The van der Waals surface area contributed by atoms with Crippen LogP contribution in [0.1, 0.15) is 16.7 Å². The number of likely N-dealkylation sites (N-methyl/N-ethyl adjacent to an activating group) is 1. The summed E-state index contributed by atoms with van der Waals surface area (Å²) in [4.78, 5) is 17.9. The van der Waals surface area contributed by atoms with Crippen LogP contribution in [0, 0.1) is 5.92 Å². The quantitative estimate of drug-likeness (QED) is 0.462. The minimum Gasteiger partial charge on any atom is -0.504 e. The molecule has 7 heteroatoms. The lowest BCUT2D eigenvalue weighted by molar-refractivity contribution is 0.120. The number of benzene rings is 2. The molecule has 32 heavy (non-hydrogen) atoms. The van der Waals surface area contributed by atoms with Gasteiger partial charge in [-0.15, -0.1) is 0 Å². The number of rotatable bonds is 5. The Labute approximate surface area is 186 Å². The van der Waals surface area contributed by atoms with Gasteiger partial charge in [0.1, 0.15) is 6.61 Å². The van der Waals surface area contributed by atoms with Gasteiger partial charge in [0.25, 0.3) is 0 Å². The summed E-state index contributed by atoms with van der Waals surface area (Å²) in [5.41, 5.74) is 5.94. The zero-order valence-electron chi connectivity index (χ0n) is 18.0. The minimum absolute atomic E-state index is 0.127. The Bertz CT molecular complexity index is 1200. The Hall–Kier alpha value is -3.45. The van der Waals surface area contributed by atoms with Crippen LogP contribution in [0.5, 0.6) is 11.5 Å². The minimum atomic E-state index is -0.449. The van der Waals surface area contributed by atoms with Crippen molar-refractivity contribution in [2.45, 2.75) is 18.9 Å². The molecule has 2 aromatic carbocycles. The van der Waals surface area contributed by atoms with Crippen molar-refractivity contribution in [3.05, 3.63) is 65.4 Å². The van der Waals surface area contributed by atoms with E-state index in [2.05, 4.69) is 52.7 Å². The molecule has 0 fully saturated rings. The van der Waals surface area contributed by atoms with E-state index in [1.807, 2.05) is 0 Å². The third-order valence-electron chi connectivity index (χ3n) is 6.49. The number of aromatic amines is 1. The smallest absolute Gasteiger partial charge is 0.407 e. The summed E-state index contributed by atoms with van der Waals surface area (Å²) in [6.07, 6.45) is 5.47. The molecule has 2 atom stereocenters. The predicted molar refractivity (Wildman–Crippen MR) is 123 cm³/mol. The SMILES string of the molecule is CN1C[C@H](COC(=O)NCCc2ccc(O)c(O)c2)C=C2c3cccc4[nH]cc(c34)C[C@H]21. The Morgan fingerprint density at radius 3 is 2.97 bits per heavy atom. The second-order valence-electron chi connectivity index (χ2n) is 8.68. The number of ether oxygens (including phenoxy) is 1. The molecular formula is C25H27N3O4. The lowest BCUT2D eigenvalue weighted by Crippen LogP contribution is -2.43. The average molecular weight is 434 g/mol. The normalized spacial score (nSPS) is 20.0. The lowest BCUT2D eigenvalue weighted by Gasteiger charge is -2.39. The highest BCUT2D eigenvalue weighted by atomic mass is 16.5. The summed E-state index contributed by atoms with van der Waals surface area (Å²) in [7, 11) is 2.13. The molecule has 1 aliphatic carbocycles. The third kappa shape index (κ3) is 3.80. The monoisotopic (exact) mass is 433 g/mol. The summed E-state index contributed by atoms with van der Waals surface area (Å²) in [5.74, 6) is -0.193. The van der Waals surface area contributed by atoms with E-state index < -0.39 is 6.09 Å². The van der Waals surface area contributed by atoms with Gasteiger partial charge in [0.2, 0.25) is 0 Å². The molecule has 2 aliphatic rings. The van der Waals surface area contributed by atoms with Crippen molar-refractivity contribution in [1.29, 1.82) is 0 Å². The van der Waals surface area contributed by atoms with Crippen molar-refractivity contribution in [3.8, 4) is 11.5 Å². The van der Waals surface area contributed by atoms with Crippen molar-refractivity contribution in [2.75, 3.05) is 26.7 Å². The van der Waals surface area contributed by atoms with Crippen LogP contribution < -0.4 is 5.32 Å². The fourth-order valence-electron chi connectivity index (χ4n) is 4.92. The van der Waals surface area contributed by atoms with E-state index in [1.165, 1.54) is 39.7 Å². The number of nitrogens with zero attached hydrogens (tertiary/aromatic N) is 1. The highest BCUT2D eigenvalue weighted by molar-refractivity contribution is 5.98. The number of carbonyl (C=O) groups excluding carboxylic acids is 1. The summed E-state index contributed by atoms with van der Waals surface area (Å²) in [6.45, 7) is 1.54. The molecule has 1 aliphatic heterocycles. The van der Waals surface area contributed by atoms with Crippen molar-refractivity contribution < 1.29 is 19.7 Å². The van der Waals surface area contributed by atoms with E-state index in [9.17, 15) is 15.0 Å². The van der Waals surface area contributed by atoms with Crippen LogP contribution in [-0.2, 0) is 17.6 Å². The molecule has 4 N–H and O–H groups in total. The fraction of sp³-hybridized carbons (Fsp3) is 0.320. The van der Waals surface area contributed by atoms with Gasteiger partial charge < -0.3 is 25.3 Å². The molecule has 1 aromatic heterocycles. The molecule has 0 unspecified atom stereocenters. The first kappa shape index (κ1) is 20.5. The maximum atomic E-state index is 12.2. The maximum absolute atomic E-state index is 12.2. The van der Waals surface area contributed by atoms with Gasteiger partial charge in [-0.3, -0.25) is 4.90 Å². The number of aromatic hydroxyl groups is 2. The van der Waals surface area contributed by atoms with Crippen LogP contribution >= 0.6 is 0 Å². The van der Waals surface area contributed by atoms with Gasteiger partial charge in [-0.2, -0.15) is 0 Å². The molecule has 5 rings (SSSR count). The standard InChI is InChI=1S/C25H27N3O4/c1-28-13-16(14-32-25(31)26-8-7-15-5-6-22(29)23(30)10-15)9-19-18-3-2-4-20-24(18)17(12-27-20)11-21(19)28/h2-6,9-10,12,16,21,27,29-30H,7-8,11,13-14H2,1H3,(H,26,31)/t16-,21-/m1/s1. The number of carbonyl (C=O) groups is 1. The van der Waals surface area contributed by atoms with Gasteiger partial charge in [-0.25, -0.2) is 4.79 Å². The molecule has 166 valence electrons. The molecule has 0 radical (unpaired) electrons. The largest absolute Gasteiger partial charge is 0.504 e. The van der Waals surface area contributed by atoms with Gasteiger partial charge in [0.05, 0.1) is 0 Å². The maximum Gasteiger partial charge on any atom is 0.407 e. The lowest BCUT2D eigenvalue weighted by atomic mass is 9.80. The van der Waals surface area contributed by atoms with Crippen LogP contribution in [0.3, 0.4) is 0 Å². The second kappa shape index (κ2) is 8.24. The first-order chi connectivity index (χ1) is 15.5. The molecule has 7 nitrogen and oxygen atoms in total. The van der Waals surface area contributed by atoms with Crippen LogP contribution in [0.2, 0.25) is 0 Å². The zero-order chi connectivity index (χ0) is 22.2. The van der Waals surface area contributed by atoms with Crippen LogP contribution in [0.15, 0.2) is 48.7 Å². The zero-order valence-corrected chi connectivity index (χ0v) is 18.0. The predicted octanol–water partition coefficient (Wildman–Crippen LogP) is 3.42. The van der Waals surface area contributed by atoms with E-state index in [0.29, 0.717) is 25.6 Å². The number of alkyl carbamates (subject to hydrolysis) is 1. The van der Waals surface area contributed by atoms with Gasteiger partial charge in [0, 0.05) is 42.1 Å². The summed E-state index contributed by atoms with van der Waals surface area (Å²) in [6, 6.07) is 11.4. The Balaban J connectivity index is 1.20. The highest BCUT2D eigenvalue weighted by Gasteiger charge is 2.33. The molecular weight excluding hydrogens is 406 g/mol. The number of fused-ring (bicyclic) bond motifs is 2. The van der Waals surface area contributed by atoms with Crippen LogP contribution in [-0.4, -0.2) is 59.0 Å². The van der Waals surface area contributed by atoms with Crippen molar-refractivity contribution >= 4 is 22.6 Å². The van der Waals surface area contributed by atoms with Gasteiger partial charge in [-0.1, -0.05) is 24.3 Å². The van der Waals surface area contributed by atoms with Crippen molar-refractivity contribution in [2.24, 2.45) is 5.92 Å². The Morgan fingerprint density at radius 1 is 1.25 bits per heavy atom. The molecule has 0 saturated heterocycles. The molecule has 0 bridgehead atoms. The fourth-order valence-corrected chi connectivity index (χ4v) is 4.92. The second-order valence-corrected chi connectivity index (χ2v) is 8.68. The van der Waals surface area contributed by atoms with Crippen molar-refractivity contribution in [3.63, 3.8) is 0 Å². The van der Waals surface area contributed by atoms with Gasteiger partial charge >= 0.3 is 6.09 Å². The molecule has 0 saturated carbocycles. The number of phenolic OH excluding ortho intramolecular Hbond substituents is 2. The summed E-state index contributed by atoms with van der Waals surface area (Å²) >= 11 is 0. The van der Waals surface area contributed by atoms with E-state index in [1.54, 1.807) is 6.07 Å². The molecule has 3 aromatic rings.